The van der Waals surface area contributed by atoms with Crippen LogP contribution in [0.15, 0.2) is 24.3 Å². The Morgan fingerprint density at radius 1 is 1.16 bits per heavy atom. The number of anilines is 3. The van der Waals surface area contributed by atoms with E-state index in [9.17, 15) is 5.26 Å². The lowest BCUT2D eigenvalue weighted by Crippen LogP contribution is -2.02. The van der Waals surface area contributed by atoms with Gasteiger partial charge in [-0.2, -0.15) is 5.26 Å². The molecule has 0 amide bonds. The van der Waals surface area contributed by atoms with Crippen molar-refractivity contribution in [1.29, 1.82) is 5.26 Å². The van der Waals surface area contributed by atoms with Crippen molar-refractivity contribution in [3.8, 4) is 6.07 Å². The Morgan fingerprint density at radius 2 is 1.89 bits per heavy atom. The Labute approximate surface area is 112 Å². The van der Waals surface area contributed by atoms with Gasteiger partial charge in [0, 0.05) is 13.1 Å². The molecule has 0 radical (unpaired) electrons. The van der Waals surface area contributed by atoms with Crippen LogP contribution in [-0.4, -0.2) is 17.0 Å². The van der Waals surface area contributed by atoms with E-state index in [0.29, 0.717) is 17.2 Å². The molecule has 0 spiro atoms. The van der Waals surface area contributed by atoms with E-state index in [0.717, 1.165) is 17.1 Å². The van der Waals surface area contributed by atoms with Gasteiger partial charge < -0.3 is 10.6 Å². The SMILES string of the molecule is CNc1cc(Nc2cccc(C)c2C#N)nc(C)n1. The summed E-state index contributed by atoms with van der Waals surface area (Å²) in [5, 5.41) is 15.3. The highest BCUT2D eigenvalue weighted by Gasteiger charge is 2.07. The Kier molecular flexibility index (Phi) is 3.62. The van der Waals surface area contributed by atoms with Crippen molar-refractivity contribution in [2.45, 2.75) is 13.8 Å². The van der Waals surface area contributed by atoms with Crippen LogP contribution in [0.5, 0.6) is 0 Å². The van der Waals surface area contributed by atoms with Crippen molar-refractivity contribution >= 4 is 17.3 Å². The number of nitrogens with one attached hydrogen (secondary N) is 2. The molecule has 5 nitrogen and oxygen atoms in total. The predicted octanol–water partition coefficient (Wildman–Crippen LogP) is 2.75. The van der Waals surface area contributed by atoms with Crippen LogP contribution < -0.4 is 10.6 Å². The Morgan fingerprint density at radius 3 is 2.58 bits per heavy atom. The monoisotopic (exact) mass is 253 g/mol. The average molecular weight is 253 g/mol. The molecule has 1 heterocycles. The number of nitrogens with zero attached hydrogens (tertiary/aromatic N) is 3. The number of rotatable bonds is 3. The van der Waals surface area contributed by atoms with Gasteiger partial charge >= 0.3 is 0 Å². The zero-order valence-electron chi connectivity index (χ0n) is 11.2. The second-order valence-corrected chi connectivity index (χ2v) is 4.17. The maximum atomic E-state index is 9.20. The first-order valence-corrected chi connectivity index (χ1v) is 5.94. The van der Waals surface area contributed by atoms with Crippen LogP contribution in [0.3, 0.4) is 0 Å². The van der Waals surface area contributed by atoms with Gasteiger partial charge in [0.2, 0.25) is 0 Å². The molecule has 2 N–H and O–H groups in total. The second-order valence-electron chi connectivity index (χ2n) is 4.17. The van der Waals surface area contributed by atoms with Crippen molar-refractivity contribution in [2.75, 3.05) is 17.7 Å². The molecule has 0 saturated carbocycles. The van der Waals surface area contributed by atoms with Crippen molar-refractivity contribution < 1.29 is 0 Å². The number of hydrogen-bond donors (Lipinski definition) is 2. The highest BCUT2D eigenvalue weighted by Crippen LogP contribution is 2.23. The summed E-state index contributed by atoms with van der Waals surface area (Å²) in [5.74, 6) is 2.07. The van der Waals surface area contributed by atoms with E-state index in [2.05, 4.69) is 26.7 Å². The number of nitriles is 1. The van der Waals surface area contributed by atoms with Crippen molar-refractivity contribution in [1.82, 2.24) is 9.97 Å². The molecule has 0 unspecified atom stereocenters. The van der Waals surface area contributed by atoms with E-state index >= 15 is 0 Å². The molecule has 1 aromatic carbocycles. The van der Waals surface area contributed by atoms with Crippen LogP contribution in [0.25, 0.3) is 0 Å². The van der Waals surface area contributed by atoms with E-state index in [1.165, 1.54) is 0 Å². The summed E-state index contributed by atoms with van der Waals surface area (Å²) < 4.78 is 0. The fraction of sp³-hybridized carbons (Fsp3) is 0.214. The second kappa shape index (κ2) is 5.36. The third-order valence-corrected chi connectivity index (χ3v) is 2.74. The minimum absolute atomic E-state index is 0.629. The van der Waals surface area contributed by atoms with Gasteiger partial charge in [-0.15, -0.1) is 0 Å². The van der Waals surface area contributed by atoms with Crippen LogP contribution in [0.1, 0.15) is 17.0 Å². The largest absolute Gasteiger partial charge is 0.373 e. The highest BCUT2D eigenvalue weighted by atomic mass is 15.1. The molecule has 0 aliphatic carbocycles. The summed E-state index contributed by atoms with van der Waals surface area (Å²) in [7, 11) is 1.80. The van der Waals surface area contributed by atoms with Gasteiger partial charge in [-0.1, -0.05) is 12.1 Å². The Bertz CT molecular complexity index is 643. The molecular weight excluding hydrogens is 238 g/mol. The summed E-state index contributed by atoms with van der Waals surface area (Å²) in [6, 6.07) is 9.69. The van der Waals surface area contributed by atoms with Crippen LogP contribution >= 0.6 is 0 Å². The molecular formula is C14H15N5. The van der Waals surface area contributed by atoms with Gasteiger partial charge in [-0.05, 0) is 25.5 Å². The average Bonchev–Trinajstić information content (AvgIpc) is 2.38. The summed E-state index contributed by atoms with van der Waals surface area (Å²) in [5.41, 5.74) is 2.32. The van der Waals surface area contributed by atoms with Crippen molar-refractivity contribution in [3.63, 3.8) is 0 Å². The highest BCUT2D eigenvalue weighted by molar-refractivity contribution is 5.67. The first-order chi connectivity index (χ1) is 9.13. The lowest BCUT2D eigenvalue weighted by molar-refractivity contribution is 1.05. The van der Waals surface area contributed by atoms with Gasteiger partial charge in [0.25, 0.3) is 0 Å². The van der Waals surface area contributed by atoms with Crippen LogP contribution in [0, 0.1) is 25.2 Å². The quantitative estimate of drug-likeness (QED) is 0.879. The Hall–Kier alpha value is -2.61. The van der Waals surface area contributed by atoms with Gasteiger partial charge in [0.05, 0.1) is 11.3 Å². The third kappa shape index (κ3) is 2.80. The Balaban J connectivity index is 2.39. The molecule has 0 aliphatic rings. The zero-order valence-corrected chi connectivity index (χ0v) is 11.2. The summed E-state index contributed by atoms with van der Waals surface area (Å²) >= 11 is 0. The van der Waals surface area contributed by atoms with E-state index in [1.807, 2.05) is 32.0 Å². The molecule has 0 saturated heterocycles. The molecule has 2 rings (SSSR count). The van der Waals surface area contributed by atoms with E-state index in [4.69, 9.17) is 0 Å². The summed E-state index contributed by atoms with van der Waals surface area (Å²) in [6.07, 6.45) is 0. The van der Waals surface area contributed by atoms with Crippen molar-refractivity contribution in [2.24, 2.45) is 0 Å². The van der Waals surface area contributed by atoms with Crippen molar-refractivity contribution in [3.05, 3.63) is 41.2 Å². The number of hydrogen-bond acceptors (Lipinski definition) is 5. The van der Waals surface area contributed by atoms with Gasteiger partial charge in [-0.3, -0.25) is 0 Å². The predicted molar refractivity (Wildman–Crippen MR) is 75.5 cm³/mol. The minimum Gasteiger partial charge on any atom is -0.373 e. The van der Waals surface area contributed by atoms with Gasteiger partial charge in [-0.25, -0.2) is 9.97 Å². The normalized spacial score (nSPS) is 9.79. The maximum Gasteiger partial charge on any atom is 0.136 e. The topological polar surface area (TPSA) is 73.6 Å². The van der Waals surface area contributed by atoms with E-state index in [1.54, 1.807) is 13.1 Å². The first-order valence-electron chi connectivity index (χ1n) is 5.94. The maximum absolute atomic E-state index is 9.20. The van der Waals surface area contributed by atoms with E-state index < -0.39 is 0 Å². The lowest BCUT2D eigenvalue weighted by atomic mass is 10.1. The van der Waals surface area contributed by atoms with Crippen LogP contribution in [0.4, 0.5) is 17.3 Å². The molecule has 96 valence electrons. The van der Waals surface area contributed by atoms with Crippen LogP contribution in [0.2, 0.25) is 0 Å². The number of aromatic nitrogens is 2. The molecule has 0 aliphatic heterocycles. The van der Waals surface area contributed by atoms with Crippen LogP contribution in [-0.2, 0) is 0 Å². The minimum atomic E-state index is 0.629. The smallest absolute Gasteiger partial charge is 0.136 e. The summed E-state index contributed by atoms with van der Waals surface area (Å²) in [4.78, 5) is 8.54. The fourth-order valence-electron chi connectivity index (χ4n) is 1.82. The first kappa shape index (κ1) is 12.8. The fourth-order valence-corrected chi connectivity index (χ4v) is 1.82. The molecule has 5 heteroatoms. The molecule has 19 heavy (non-hydrogen) atoms. The van der Waals surface area contributed by atoms with Gasteiger partial charge in [0.15, 0.2) is 0 Å². The molecule has 1 aromatic heterocycles. The number of aryl methyl sites for hydroxylation is 2. The lowest BCUT2D eigenvalue weighted by Gasteiger charge is -2.10. The zero-order chi connectivity index (χ0) is 13.8. The third-order valence-electron chi connectivity index (χ3n) is 2.74. The molecule has 0 atom stereocenters. The summed E-state index contributed by atoms with van der Waals surface area (Å²) in [6.45, 7) is 3.74. The standard InChI is InChI=1S/C14H15N5/c1-9-5-4-6-12(11(9)8-15)19-14-7-13(16-3)17-10(2)18-14/h4-7H,1-3H3,(H2,16,17,18,19). The molecule has 0 bridgehead atoms. The van der Waals surface area contributed by atoms with E-state index in [-0.39, 0.29) is 0 Å². The molecule has 0 fully saturated rings. The molecule has 2 aromatic rings. The van der Waals surface area contributed by atoms with Gasteiger partial charge in [0.1, 0.15) is 23.5 Å². The number of benzene rings is 1.